The van der Waals surface area contributed by atoms with Crippen molar-refractivity contribution in [3.8, 4) is 5.88 Å². The lowest BCUT2D eigenvalue weighted by molar-refractivity contribution is 0.180. The van der Waals surface area contributed by atoms with Gasteiger partial charge in [0, 0.05) is 11.8 Å². The molecule has 90 valence electrons. The Morgan fingerprint density at radius 3 is 2.44 bits per heavy atom. The number of pyridine rings is 1. The highest BCUT2D eigenvalue weighted by atomic mass is 19.1. The van der Waals surface area contributed by atoms with Crippen molar-refractivity contribution in [3.63, 3.8) is 0 Å². The molecule has 16 heavy (non-hydrogen) atoms. The molecule has 0 bridgehead atoms. The van der Waals surface area contributed by atoms with Crippen molar-refractivity contribution in [1.29, 1.82) is 0 Å². The fourth-order valence-electron chi connectivity index (χ4n) is 1.85. The fraction of sp³-hybridized carbons (Fsp3) is 0.615. The van der Waals surface area contributed by atoms with Gasteiger partial charge in [-0.25, -0.2) is 9.37 Å². The number of ether oxygens (including phenoxy) is 1. The maximum Gasteiger partial charge on any atom is 0.230 e. The van der Waals surface area contributed by atoms with Gasteiger partial charge in [-0.1, -0.05) is 34.6 Å². The van der Waals surface area contributed by atoms with Gasteiger partial charge in [-0.3, -0.25) is 0 Å². The molecule has 2 nitrogen and oxygen atoms in total. The molecule has 0 aliphatic rings. The van der Waals surface area contributed by atoms with Crippen LogP contribution in [0.3, 0.4) is 0 Å². The van der Waals surface area contributed by atoms with Gasteiger partial charge in [0.2, 0.25) is 12.7 Å². The number of hydrogen-bond acceptors (Lipinski definition) is 2. The van der Waals surface area contributed by atoms with Gasteiger partial charge in [-0.15, -0.1) is 0 Å². The Morgan fingerprint density at radius 2 is 2.00 bits per heavy atom. The molecule has 1 aromatic heterocycles. The van der Waals surface area contributed by atoms with E-state index in [0.717, 1.165) is 5.56 Å². The van der Waals surface area contributed by atoms with Crippen molar-refractivity contribution in [2.45, 2.75) is 46.0 Å². The zero-order valence-corrected chi connectivity index (χ0v) is 10.7. The highest BCUT2D eigenvalue weighted by Gasteiger charge is 2.25. The molecule has 0 saturated carbocycles. The SMILES string of the molecule is CC(C)c1ccnc(OCF)c1C(C)(C)C. The van der Waals surface area contributed by atoms with Crippen LogP contribution < -0.4 is 4.74 Å². The van der Waals surface area contributed by atoms with E-state index >= 15 is 0 Å². The zero-order chi connectivity index (χ0) is 12.3. The Morgan fingerprint density at radius 1 is 1.38 bits per heavy atom. The summed E-state index contributed by atoms with van der Waals surface area (Å²) in [6.45, 7) is 9.65. The van der Waals surface area contributed by atoms with Gasteiger partial charge in [-0.05, 0) is 23.0 Å². The minimum atomic E-state index is -0.836. The molecule has 0 saturated heterocycles. The Labute approximate surface area is 96.8 Å². The Balaban J connectivity index is 3.35. The van der Waals surface area contributed by atoms with Gasteiger partial charge >= 0.3 is 0 Å². The van der Waals surface area contributed by atoms with E-state index in [9.17, 15) is 4.39 Å². The smallest absolute Gasteiger partial charge is 0.230 e. The zero-order valence-electron chi connectivity index (χ0n) is 10.7. The summed E-state index contributed by atoms with van der Waals surface area (Å²) in [4.78, 5) is 4.12. The first-order valence-corrected chi connectivity index (χ1v) is 5.56. The molecule has 1 rings (SSSR count). The fourth-order valence-corrected chi connectivity index (χ4v) is 1.85. The van der Waals surface area contributed by atoms with Gasteiger partial charge in [0.1, 0.15) is 0 Å². The average molecular weight is 225 g/mol. The molecule has 1 aromatic rings. The monoisotopic (exact) mass is 225 g/mol. The Bertz CT molecular complexity index is 355. The van der Waals surface area contributed by atoms with Crippen LogP contribution in [0.25, 0.3) is 0 Å². The third-order valence-corrected chi connectivity index (χ3v) is 2.51. The summed E-state index contributed by atoms with van der Waals surface area (Å²) in [5.41, 5.74) is 2.08. The van der Waals surface area contributed by atoms with Gasteiger partial charge < -0.3 is 4.74 Å². The quantitative estimate of drug-likeness (QED) is 0.780. The molecule has 0 spiro atoms. The lowest BCUT2D eigenvalue weighted by Crippen LogP contribution is -2.18. The van der Waals surface area contributed by atoms with Crippen LogP contribution in [0, 0.1) is 0 Å². The van der Waals surface area contributed by atoms with Gasteiger partial charge in [0.05, 0.1) is 0 Å². The van der Waals surface area contributed by atoms with E-state index < -0.39 is 6.86 Å². The first-order valence-electron chi connectivity index (χ1n) is 5.56. The molecule has 0 aromatic carbocycles. The molecule has 0 aliphatic heterocycles. The number of nitrogens with zero attached hydrogens (tertiary/aromatic N) is 1. The van der Waals surface area contributed by atoms with E-state index in [-0.39, 0.29) is 5.41 Å². The van der Waals surface area contributed by atoms with Crippen LogP contribution in [0.4, 0.5) is 4.39 Å². The largest absolute Gasteiger partial charge is 0.446 e. The van der Waals surface area contributed by atoms with Crippen molar-refractivity contribution >= 4 is 0 Å². The topological polar surface area (TPSA) is 22.1 Å². The Kier molecular flexibility index (Phi) is 3.89. The lowest BCUT2D eigenvalue weighted by atomic mass is 9.81. The minimum Gasteiger partial charge on any atom is -0.446 e. The summed E-state index contributed by atoms with van der Waals surface area (Å²) < 4.78 is 17.3. The van der Waals surface area contributed by atoms with Crippen molar-refractivity contribution in [1.82, 2.24) is 4.98 Å². The molecule has 0 atom stereocenters. The summed E-state index contributed by atoms with van der Waals surface area (Å²) in [6.07, 6.45) is 1.68. The summed E-state index contributed by atoms with van der Waals surface area (Å²) in [5, 5.41) is 0. The molecule has 0 fully saturated rings. The first kappa shape index (κ1) is 12.9. The summed E-state index contributed by atoms with van der Waals surface area (Å²) in [7, 11) is 0. The highest BCUT2D eigenvalue weighted by molar-refractivity contribution is 5.41. The van der Waals surface area contributed by atoms with Crippen molar-refractivity contribution in [3.05, 3.63) is 23.4 Å². The molecular weight excluding hydrogens is 205 g/mol. The lowest BCUT2D eigenvalue weighted by Gasteiger charge is -2.26. The molecule has 1 heterocycles. The molecule has 0 unspecified atom stereocenters. The predicted molar refractivity (Wildman–Crippen MR) is 63.6 cm³/mol. The molecule has 3 heteroatoms. The molecule has 0 radical (unpaired) electrons. The van der Waals surface area contributed by atoms with Gasteiger partial charge in [0.15, 0.2) is 0 Å². The maximum atomic E-state index is 12.3. The van der Waals surface area contributed by atoms with Gasteiger partial charge in [-0.2, -0.15) is 0 Å². The number of alkyl halides is 1. The number of aromatic nitrogens is 1. The number of halogens is 1. The predicted octanol–water partition coefficient (Wildman–Crippen LogP) is 3.81. The van der Waals surface area contributed by atoms with E-state index in [2.05, 4.69) is 39.6 Å². The summed E-state index contributed by atoms with van der Waals surface area (Å²) >= 11 is 0. The normalized spacial score (nSPS) is 11.9. The second kappa shape index (κ2) is 4.81. The van der Waals surface area contributed by atoms with Crippen LogP contribution in [-0.4, -0.2) is 11.8 Å². The third kappa shape index (κ3) is 2.71. The highest BCUT2D eigenvalue weighted by Crippen LogP contribution is 2.36. The molecule has 0 N–H and O–H groups in total. The van der Waals surface area contributed by atoms with E-state index in [4.69, 9.17) is 4.74 Å². The molecule has 0 amide bonds. The average Bonchev–Trinajstić information content (AvgIpc) is 2.16. The van der Waals surface area contributed by atoms with Crippen LogP contribution in [-0.2, 0) is 5.41 Å². The molecule has 0 aliphatic carbocycles. The van der Waals surface area contributed by atoms with E-state index in [1.165, 1.54) is 5.56 Å². The van der Waals surface area contributed by atoms with Crippen LogP contribution in [0.2, 0.25) is 0 Å². The summed E-state index contributed by atoms with van der Waals surface area (Å²) in [6, 6.07) is 1.98. The molecular formula is C13H20FNO. The van der Waals surface area contributed by atoms with Crippen LogP contribution in [0.15, 0.2) is 12.3 Å². The second-order valence-corrected chi connectivity index (χ2v) is 5.24. The van der Waals surface area contributed by atoms with Crippen LogP contribution in [0.5, 0.6) is 5.88 Å². The van der Waals surface area contributed by atoms with Crippen molar-refractivity contribution in [2.24, 2.45) is 0 Å². The first-order chi connectivity index (χ1) is 7.38. The van der Waals surface area contributed by atoms with Gasteiger partial charge in [0.25, 0.3) is 0 Å². The van der Waals surface area contributed by atoms with Crippen LogP contribution in [0.1, 0.15) is 51.7 Å². The number of hydrogen-bond donors (Lipinski definition) is 0. The maximum absolute atomic E-state index is 12.3. The van der Waals surface area contributed by atoms with Crippen LogP contribution >= 0.6 is 0 Å². The summed E-state index contributed by atoms with van der Waals surface area (Å²) in [5.74, 6) is 0.792. The standard InChI is InChI=1S/C13H20FNO/c1-9(2)10-6-7-15-12(16-8-14)11(10)13(3,4)5/h6-7,9H,8H2,1-5H3. The van der Waals surface area contributed by atoms with Crippen molar-refractivity contribution < 1.29 is 9.13 Å². The van der Waals surface area contributed by atoms with E-state index in [1.54, 1.807) is 6.20 Å². The van der Waals surface area contributed by atoms with E-state index in [1.807, 2.05) is 6.07 Å². The minimum absolute atomic E-state index is 0.0988. The van der Waals surface area contributed by atoms with E-state index in [0.29, 0.717) is 11.8 Å². The second-order valence-electron chi connectivity index (χ2n) is 5.24. The number of rotatable bonds is 3. The Hall–Kier alpha value is -1.12. The third-order valence-electron chi connectivity index (χ3n) is 2.51. The van der Waals surface area contributed by atoms with Crippen molar-refractivity contribution in [2.75, 3.05) is 6.86 Å².